The Morgan fingerprint density at radius 3 is 2.24 bits per heavy atom. The lowest BCUT2D eigenvalue weighted by Gasteiger charge is -2.33. The highest BCUT2D eigenvalue weighted by molar-refractivity contribution is 5.67. The number of nitrogens with one attached hydrogen (secondary N) is 1. The Morgan fingerprint density at radius 2 is 1.58 bits per heavy atom. The number of carbonyl (C=O) groups excluding carboxylic acids is 1. The van der Waals surface area contributed by atoms with E-state index in [1.165, 1.54) is 24.0 Å². The number of amides is 1. The van der Waals surface area contributed by atoms with Crippen molar-refractivity contribution in [2.75, 3.05) is 39.3 Å². The zero-order valence-electron chi connectivity index (χ0n) is 24.5. The first-order valence-electron chi connectivity index (χ1n) is 14.2. The molecule has 2 aromatic carbocycles. The van der Waals surface area contributed by atoms with Gasteiger partial charge in [0.15, 0.2) is 0 Å². The average molecular weight is 524 g/mol. The number of benzene rings is 2. The summed E-state index contributed by atoms with van der Waals surface area (Å²) in [6.07, 6.45) is 3.18. The first-order valence-corrected chi connectivity index (χ1v) is 14.2. The quantitative estimate of drug-likeness (QED) is 0.366. The lowest BCUT2D eigenvalue weighted by atomic mass is 9.89. The van der Waals surface area contributed by atoms with Crippen molar-refractivity contribution < 1.29 is 14.3 Å². The zero-order valence-corrected chi connectivity index (χ0v) is 24.5. The molecular weight excluding hydrogens is 474 g/mol. The van der Waals surface area contributed by atoms with Crippen LogP contribution < -0.4 is 10.1 Å². The zero-order chi connectivity index (χ0) is 27.6. The van der Waals surface area contributed by atoms with E-state index in [1.807, 2.05) is 26.8 Å². The summed E-state index contributed by atoms with van der Waals surface area (Å²) in [6.45, 7) is 18.3. The molecule has 0 bridgehead atoms. The molecule has 0 unspecified atom stereocenters. The van der Waals surface area contributed by atoms with E-state index in [-0.39, 0.29) is 11.7 Å². The molecule has 0 saturated carbocycles. The highest BCUT2D eigenvalue weighted by atomic mass is 16.6. The molecule has 1 saturated heterocycles. The molecule has 3 rings (SSSR count). The minimum absolute atomic E-state index is 0.259. The van der Waals surface area contributed by atoms with E-state index in [9.17, 15) is 4.79 Å². The van der Waals surface area contributed by atoms with E-state index in [2.05, 4.69) is 84.4 Å². The van der Waals surface area contributed by atoms with Crippen molar-refractivity contribution >= 4 is 6.09 Å². The van der Waals surface area contributed by atoms with Crippen LogP contribution in [0.25, 0.3) is 0 Å². The molecule has 0 radical (unpaired) electrons. The summed E-state index contributed by atoms with van der Waals surface area (Å²) in [5.41, 5.74) is 1.89. The Kier molecular flexibility index (Phi) is 11.0. The smallest absolute Gasteiger partial charge is 0.407 e. The van der Waals surface area contributed by atoms with Crippen LogP contribution in [0.15, 0.2) is 54.6 Å². The fourth-order valence-corrected chi connectivity index (χ4v) is 4.94. The molecule has 6 heteroatoms. The summed E-state index contributed by atoms with van der Waals surface area (Å²) in [4.78, 5) is 17.2. The van der Waals surface area contributed by atoms with Crippen molar-refractivity contribution in [2.45, 2.75) is 84.5 Å². The first-order chi connectivity index (χ1) is 18.0. The van der Waals surface area contributed by atoms with Gasteiger partial charge in [-0.25, -0.2) is 4.79 Å². The Bertz CT molecular complexity index is 973. The minimum Gasteiger partial charge on any atom is -0.488 e. The third-order valence-electron chi connectivity index (χ3n) is 6.69. The van der Waals surface area contributed by atoms with Crippen LogP contribution >= 0.6 is 0 Å². The number of likely N-dealkylation sites (tertiary alicyclic amines) is 1. The Balaban J connectivity index is 1.54. The maximum Gasteiger partial charge on any atom is 0.407 e. The fraction of sp³-hybridized carbons (Fsp3) is 0.594. The van der Waals surface area contributed by atoms with Gasteiger partial charge < -0.3 is 19.7 Å². The van der Waals surface area contributed by atoms with Gasteiger partial charge in [0.1, 0.15) is 17.0 Å². The molecule has 38 heavy (non-hydrogen) atoms. The van der Waals surface area contributed by atoms with Crippen molar-refractivity contribution in [2.24, 2.45) is 0 Å². The fourth-order valence-electron chi connectivity index (χ4n) is 4.94. The van der Waals surface area contributed by atoms with Crippen molar-refractivity contribution in [3.63, 3.8) is 0 Å². The van der Waals surface area contributed by atoms with E-state index in [1.54, 1.807) is 0 Å². The summed E-state index contributed by atoms with van der Waals surface area (Å²) < 4.78 is 11.7. The van der Waals surface area contributed by atoms with Crippen LogP contribution in [0.3, 0.4) is 0 Å². The summed E-state index contributed by atoms with van der Waals surface area (Å²) in [5, 5.41) is 2.92. The van der Waals surface area contributed by atoms with Gasteiger partial charge >= 0.3 is 6.09 Å². The maximum absolute atomic E-state index is 12.2. The van der Waals surface area contributed by atoms with Gasteiger partial charge in [-0.3, -0.25) is 4.90 Å². The predicted octanol–water partition coefficient (Wildman–Crippen LogP) is 6.46. The Hall–Kier alpha value is -2.57. The van der Waals surface area contributed by atoms with Crippen LogP contribution in [0.1, 0.15) is 77.8 Å². The number of alkyl carbamates (subject to hydrolysis) is 1. The number of piperidine rings is 1. The van der Waals surface area contributed by atoms with Crippen LogP contribution in [0.4, 0.5) is 4.79 Å². The highest BCUT2D eigenvalue weighted by Crippen LogP contribution is 2.28. The molecular formula is C32H49N3O3. The predicted molar refractivity (Wildman–Crippen MR) is 156 cm³/mol. The van der Waals surface area contributed by atoms with Gasteiger partial charge in [-0.2, -0.15) is 0 Å². The number of rotatable bonds is 11. The topological polar surface area (TPSA) is 54.0 Å². The van der Waals surface area contributed by atoms with Gasteiger partial charge in [0.25, 0.3) is 0 Å². The molecule has 1 N–H and O–H groups in total. The molecule has 210 valence electrons. The minimum atomic E-state index is -0.499. The molecule has 0 aliphatic carbocycles. The molecule has 1 aliphatic rings. The summed E-state index contributed by atoms with van der Waals surface area (Å²) >= 11 is 0. The van der Waals surface area contributed by atoms with Crippen molar-refractivity contribution in [1.82, 2.24) is 15.1 Å². The average Bonchev–Trinajstić information content (AvgIpc) is 2.84. The summed E-state index contributed by atoms with van der Waals surface area (Å²) in [6, 6.07) is 19.2. The first kappa shape index (κ1) is 30.0. The number of nitrogens with zero attached hydrogens (tertiary/aromatic N) is 2. The number of ether oxygens (including phenoxy) is 2. The van der Waals surface area contributed by atoms with E-state index >= 15 is 0 Å². The molecule has 1 fully saturated rings. The molecule has 0 aromatic heterocycles. The van der Waals surface area contributed by atoms with Crippen LogP contribution in [0, 0.1) is 0 Å². The molecule has 6 nitrogen and oxygen atoms in total. The Morgan fingerprint density at radius 1 is 0.921 bits per heavy atom. The molecule has 1 heterocycles. The highest BCUT2D eigenvalue weighted by Gasteiger charge is 2.21. The van der Waals surface area contributed by atoms with Gasteiger partial charge in [-0.15, -0.1) is 0 Å². The van der Waals surface area contributed by atoms with E-state index in [4.69, 9.17) is 9.47 Å². The second kappa shape index (κ2) is 14.0. The largest absolute Gasteiger partial charge is 0.488 e. The van der Waals surface area contributed by atoms with Crippen molar-refractivity contribution in [3.8, 4) is 5.75 Å². The van der Waals surface area contributed by atoms with Gasteiger partial charge in [-0.05, 0) is 105 Å². The number of carbonyl (C=O) groups is 1. The number of hydrogen-bond acceptors (Lipinski definition) is 5. The standard InChI is InChI=1S/C32H49N3O3/c1-31(2,3)37-29-16-11-10-15-28(29)25-35(24-19-33-30(36)38-32(4,5)6)21-12-20-34-22-17-27(18-23-34)26-13-8-7-9-14-26/h7-11,13-16,27H,12,17-25H2,1-6H3,(H,33,36). The molecule has 0 spiro atoms. The Labute approximate surface area is 230 Å². The van der Waals surface area contributed by atoms with Gasteiger partial charge in [-0.1, -0.05) is 48.5 Å². The van der Waals surface area contributed by atoms with Crippen molar-refractivity contribution in [1.29, 1.82) is 0 Å². The lowest BCUT2D eigenvalue weighted by molar-refractivity contribution is 0.0520. The van der Waals surface area contributed by atoms with Crippen LogP contribution in [0.5, 0.6) is 5.75 Å². The van der Waals surface area contributed by atoms with E-state index < -0.39 is 5.60 Å². The summed E-state index contributed by atoms with van der Waals surface area (Å²) in [7, 11) is 0. The number of hydrogen-bond donors (Lipinski definition) is 1. The maximum atomic E-state index is 12.2. The SMILES string of the molecule is CC(C)(C)OC(=O)NCCN(CCCN1CCC(c2ccccc2)CC1)Cc1ccccc1OC(C)(C)C. The van der Waals surface area contributed by atoms with E-state index in [0.29, 0.717) is 12.5 Å². The molecule has 0 atom stereocenters. The van der Waals surface area contributed by atoms with Gasteiger partial charge in [0.05, 0.1) is 0 Å². The van der Waals surface area contributed by atoms with Crippen LogP contribution in [-0.2, 0) is 11.3 Å². The van der Waals surface area contributed by atoms with E-state index in [0.717, 1.165) is 51.4 Å². The number of para-hydroxylation sites is 1. The second-order valence-corrected chi connectivity index (χ2v) is 12.4. The molecule has 1 amide bonds. The monoisotopic (exact) mass is 523 g/mol. The normalized spacial score (nSPS) is 15.4. The van der Waals surface area contributed by atoms with Gasteiger partial charge in [0, 0.05) is 25.2 Å². The molecule has 1 aliphatic heterocycles. The molecule has 2 aromatic rings. The van der Waals surface area contributed by atoms with Gasteiger partial charge in [0.2, 0.25) is 0 Å². The second-order valence-electron chi connectivity index (χ2n) is 12.4. The lowest BCUT2D eigenvalue weighted by Crippen LogP contribution is -2.39. The van der Waals surface area contributed by atoms with Crippen molar-refractivity contribution in [3.05, 3.63) is 65.7 Å². The van der Waals surface area contributed by atoms with Crippen LogP contribution in [-0.4, -0.2) is 66.4 Å². The van der Waals surface area contributed by atoms with Crippen LogP contribution in [0.2, 0.25) is 0 Å². The summed E-state index contributed by atoms with van der Waals surface area (Å²) in [5.74, 6) is 1.61. The third-order valence-corrected chi connectivity index (χ3v) is 6.69. The third kappa shape index (κ3) is 11.0.